The van der Waals surface area contributed by atoms with E-state index in [1.807, 2.05) is 62.7 Å². The molecule has 0 bridgehead atoms. The standard InChI is InChI=1S/C22H27N5O2S/c1-16-8-9-20(17(2)15-16)30(28,29)26-13-11-25(12-14-26)22-18(3)24-27(19(22)4)21-7-5-6-10-23-21/h5-10,15H,11-14H2,1-4H3. The number of hydrogen-bond donors (Lipinski definition) is 0. The Bertz CT molecular complexity index is 1160. The molecule has 1 fully saturated rings. The van der Waals surface area contributed by atoms with Crippen LogP contribution in [0.4, 0.5) is 5.69 Å². The molecule has 8 heteroatoms. The molecule has 3 aromatic rings. The van der Waals surface area contributed by atoms with E-state index in [0.717, 1.165) is 34.0 Å². The number of anilines is 1. The highest BCUT2D eigenvalue weighted by molar-refractivity contribution is 7.89. The Hall–Kier alpha value is -2.71. The number of sulfonamides is 1. The van der Waals surface area contributed by atoms with Crippen LogP contribution in [0.5, 0.6) is 0 Å². The molecule has 7 nitrogen and oxygen atoms in total. The highest BCUT2D eigenvalue weighted by Crippen LogP contribution is 2.29. The van der Waals surface area contributed by atoms with Crippen molar-refractivity contribution in [3.05, 3.63) is 65.1 Å². The van der Waals surface area contributed by atoms with E-state index < -0.39 is 10.0 Å². The molecule has 158 valence electrons. The molecule has 0 spiro atoms. The van der Waals surface area contributed by atoms with Crippen molar-refractivity contribution in [3.8, 4) is 5.82 Å². The first-order valence-corrected chi connectivity index (χ1v) is 11.5. The summed E-state index contributed by atoms with van der Waals surface area (Å²) in [7, 11) is -3.50. The first-order chi connectivity index (χ1) is 14.3. The molecule has 1 saturated heterocycles. The van der Waals surface area contributed by atoms with Gasteiger partial charge in [0.1, 0.15) is 0 Å². The lowest BCUT2D eigenvalue weighted by Gasteiger charge is -2.35. The first kappa shape index (κ1) is 20.6. The number of nitrogens with zero attached hydrogens (tertiary/aromatic N) is 5. The quantitative estimate of drug-likeness (QED) is 0.643. The molecule has 1 aromatic carbocycles. The number of aromatic nitrogens is 3. The summed E-state index contributed by atoms with van der Waals surface area (Å²) in [5.74, 6) is 0.778. The van der Waals surface area contributed by atoms with Gasteiger partial charge < -0.3 is 4.90 Å². The van der Waals surface area contributed by atoms with E-state index in [0.29, 0.717) is 31.1 Å². The Balaban J connectivity index is 1.55. The highest BCUT2D eigenvalue weighted by Gasteiger charge is 2.31. The van der Waals surface area contributed by atoms with Crippen molar-refractivity contribution in [1.29, 1.82) is 0 Å². The molecule has 0 radical (unpaired) electrons. The van der Waals surface area contributed by atoms with E-state index in [9.17, 15) is 8.42 Å². The van der Waals surface area contributed by atoms with Crippen LogP contribution in [0.15, 0.2) is 47.5 Å². The zero-order valence-electron chi connectivity index (χ0n) is 17.8. The van der Waals surface area contributed by atoms with Gasteiger partial charge in [-0.2, -0.15) is 9.40 Å². The summed E-state index contributed by atoms with van der Waals surface area (Å²) in [5.41, 5.74) is 4.85. The topological polar surface area (TPSA) is 71.3 Å². The van der Waals surface area contributed by atoms with Gasteiger partial charge in [-0.05, 0) is 51.5 Å². The third kappa shape index (κ3) is 3.61. The maximum atomic E-state index is 13.2. The zero-order valence-corrected chi connectivity index (χ0v) is 18.6. The second kappa shape index (κ2) is 7.85. The largest absolute Gasteiger partial charge is 0.366 e. The van der Waals surface area contributed by atoms with Crippen LogP contribution in [0, 0.1) is 27.7 Å². The van der Waals surface area contributed by atoms with Crippen LogP contribution in [0.3, 0.4) is 0 Å². The van der Waals surface area contributed by atoms with E-state index in [1.54, 1.807) is 16.6 Å². The molecule has 2 aromatic heterocycles. The van der Waals surface area contributed by atoms with Crippen molar-refractivity contribution >= 4 is 15.7 Å². The van der Waals surface area contributed by atoms with Crippen molar-refractivity contribution in [2.45, 2.75) is 32.6 Å². The maximum Gasteiger partial charge on any atom is 0.243 e. The van der Waals surface area contributed by atoms with Gasteiger partial charge in [0.2, 0.25) is 10.0 Å². The second-order valence-electron chi connectivity index (χ2n) is 7.78. The summed E-state index contributed by atoms with van der Waals surface area (Å²) in [6.45, 7) is 9.99. The molecule has 0 amide bonds. The lowest BCUT2D eigenvalue weighted by atomic mass is 10.2. The van der Waals surface area contributed by atoms with Gasteiger partial charge >= 0.3 is 0 Å². The lowest BCUT2D eigenvalue weighted by Crippen LogP contribution is -2.49. The van der Waals surface area contributed by atoms with Gasteiger partial charge in [-0.25, -0.2) is 18.1 Å². The lowest BCUT2D eigenvalue weighted by molar-refractivity contribution is 0.384. The van der Waals surface area contributed by atoms with Crippen molar-refractivity contribution in [2.75, 3.05) is 31.1 Å². The van der Waals surface area contributed by atoms with Crippen LogP contribution in [0.1, 0.15) is 22.5 Å². The zero-order chi connectivity index (χ0) is 21.5. The number of aryl methyl sites for hydroxylation is 3. The van der Waals surface area contributed by atoms with Crippen LogP contribution >= 0.6 is 0 Å². The molecule has 4 rings (SSSR count). The molecule has 0 saturated carbocycles. The van der Waals surface area contributed by atoms with Gasteiger partial charge in [0.05, 0.1) is 22.0 Å². The predicted molar refractivity (Wildman–Crippen MR) is 118 cm³/mol. The molecule has 1 aliphatic heterocycles. The van der Waals surface area contributed by atoms with Gasteiger partial charge in [0.15, 0.2) is 5.82 Å². The number of hydrogen-bond acceptors (Lipinski definition) is 5. The molecular weight excluding hydrogens is 398 g/mol. The molecule has 0 N–H and O–H groups in total. The van der Waals surface area contributed by atoms with Crippen LogP contribution in [0.2, 0.25) is 0 Å². The normalized spacial score (nSPS) is 15.5. The third-order valence-corrected chi connectivity index (χ3v) is 7.68. The number of benzene rings is 1. The molecule has 0 unspecified atom stereocenters. The van der Waals surface area contributed by atoms with E-state index in [1.165, 1.54) is 0 Å². The molecule has 1 aliphatic rings. The Morgan fingerprint density at radius 1 is 0.933 bits per heavy atom. The Labute approximate surface area is 178 Å². The second-order valence-corrected chi connectivity index (χ2v) is 9.69. The van der Waals surface area contributed by atoms with Crippen molar-refractivity contribution in [1.82, 2.24) is 19.1 Å². The first-order valence-electron chi connectivity index (χ1n) is 10.1. The molecule has 3 heterocycles. The summed E-state index contributed by atoms with van der Waals surface area (Å²) in [6.07, 6.45) is 1.75. The summed E-state index contributed by atoms with van der Waals surface area (Å²) in [4.78, 5) is 7.02. The average Bonchev–Trinajstić information content (AvgIpc) is 3.02. The van der Waals surface area contributed by atoms with Gasteiger partial charge in [-0.15, -0.1) is 0 Å². The predicted octanol–water partition coefficient (Wildman–Crippen LogP) is 3.01. The monoisotopic (exact) mass is 425 g/mol. The fourth-order valence-corrected chi connectivity index (χ4v) is 5.80. The summed E-state index contributed by atoms with van der Waals surface area (Å²) in [5, 5.41) is 4.67. The minimum atomic E-state index is -3.50. The smallest absolute Gasteiger partial charge is 0.243 e. The van der Waals surface area contributed by atoms with E-state index in [4.69, 9.17) is 0 Å². The summed E-state index contributed by atoms with van der Waals surface area (Å²) >= 11 is 0. The summed E-state index contributed by atoms with van der Waals surface area (Å²) in [6, 6.07) is 11.2. The minimum Gasteiger partial charge on any atom is -0.366 e. The minimum absolute atomic E-state index is 0.400. The van der Waals surface area contributed by atoms with E-state index in [2.05, 4.69) is 15.0 Å². The number of pyridine rings is 1. The van der Waals surface area contributed by atoms with Crippen molar-refractivity contribution in [3.63, 3.8) is 0 Å². The maximum absolute atomic E-state index is 13.2. The average molecular weight is 426 g/mol. The van der Waals surface area contributed by atoms with Crippen LogP contribution in [-0.2, 0) is 10.0 Å². The van der Waals surface area contributed by atoms with Gasteiger partial charge in [0, 0.05) is 32.4 Å². The van der Waals surface area contributed by atoms with Crippen molar-refractivity contribution < 1.29 is 8.42 Å². The molecule has 30 heavy (non-hydrogen) atoms. The van der Waals surface area contributed by atoms with Gasteiger partial charge in [-0.3, -0.25) is 0 Å². The van der Waals surface area contributed by atoms with Gasteiger partial charge in [0.25, 0.3) is 0 Å². The molecule has 0 aliphatic carbocycles. The molecular formula is C22H27N5O2S. The number of rotatable bonds is 4. The summed E-state index contributed by atoms with van der Waals surface area (Å²) < 4.78 is 29.8. The third-order valence-electron chi connectivity index (χ3n) is 5.62. The van der Waals surface area contributed by atoms with E-state index in [-0.39, 0.29) is 0 Å². The fraction of sp³-hybridized carbons (Fsp3) is 0.364. The van der Waals surface area contributed by atoms with E-state index >= 15 is 0 Å². The SMILES string of the molecule is Cc1ccc(S(=O)(=O)N2CCN(c3c(C)nn(-c4ccccn4)c3C)CC2)c(C)c1. The number of piperazine rings is 1. The van der Waals surface area contributed by atoms with Crippen molar-refractivity contribution in [2.24, 2.45) is 0 Å². The Morgan fingerprint density at radius 3 is 2.30 bits per heavy atom. The fourth-order valence-electron chi connectivity index (χ4n) is 4.17. The molecule has 0 atom stereocenters. The Kier molecular flexibility index (Phi) is 5.38. The van der Waals surface area contributed by atoms with Crippen LogP contribution in [-0.4, -0.2) is 53.7 Å². The van der Waals surface area contributed by atoms with Crippen LogP contribution in [0.25, 0.3) is 5.82 Å². The Morgan fingerprint density at radius 2 is 1.67 bits per heavy atom. The van der Waals surface area contributed by atoms with Gasteiger partial charge in [-0.1, -0.05) is 23.8 Å². The highest BCUT2D eigenvalue weighted by atomic mass is 32.2. The van der Waals surface area contributed by atoms with Crippen LogP contribution < -0.4 is 4.90 Å².